The smallest absolute Gasteiger partial charge is 0.265 e. The Labute approximate surface area is 156 Å². The molecule has 1 aromatic heterocycles. The van der Waals surface area contributed by atoms with Crippen molar-refractivity contribution < 1.29 is 13.9 Å². The van der Waals surface area contributed by atoms with Crippen molar-refractivity contribution in [1.82, 2.24) is 20.4 Å². The second-order valence-corrected chi connectivity index (χ2v) is 6.65. The van der Waals surface area contributed by atoms with Gasteiger partial charge in [-0.05, 0) is 43.2 Å². The molecule has 2 N–H and O–H groups in total. The van der Waals surface area contributed by atoms with Crippen molar-refractivity contribution >= 4 is 16.9 Å². The van der Waals surface area contributed by atoms with Gasteiger partial charge in [-0.3, -0.25) is 10.2 Å². The maximum absolute atomic E-state index is 14.7. The first-order valence-corrected chi connectivity index (χ1v) is 9.03. The standard InChI is InChI=1S/C20H21FN4O2/c1-27-14-6-8-17-18(12-14)23-19(22-17)15-7-5-13(11-16(15)21)20(26)24-25-9-3-2-4-10-25/h5-8,11-12H,2-4,9-10H2,1H3,(H,22,23)(H,24,26). The maximum atomic E-state index is 14.7. The number of carbonyl (C=O) groups excluding carboxylic acids is 1. The minimum Gasteiger partial charge on any atom is -0.497 e. The van der Waals surface area contributed by atoms with E-state index in [1.165, 1.54) is 12.5 Å². The lowest BCUT2D eigenvalue weighted by molar-refractivity contribution is 0.0749. The van der Waals surface area contributed by atoms with Crippen LogP contribution in [-0.2, 0) is 0 Å². The van der Waals surface area contributed by atoms with Crippen LogP contribution in [0.5, 0.6) is 5.75 Å². The first kappa shape index (κ1) is 17.5. The molecule has 7 heteroatoms. The van der Waals surface area contributed by atoms with Gasteiger partial charge in [0.2, 0.25) is 0 Å². The number of hydrogen-bond donors (Lipinski definition) is 2. The van der Waals surface area contributed by atoms with E-state index in [0.717, 1.165) is 37.0 Å². The molecule has 1 fully saturated rings. The summed E-state index contributed by atoms with van der Waals surface area (Å²) in [5.74, 6) is 0.325. The van der Waals surface area contributed by atoms with Crippen LogP contribution in [0.4, 0.5) is 4.39 Å². The lowest BCUT2D eigenvalue weighted by atomic mass is 10.1. The van der Waals surface area contributed by atoms with Crippen LogP contribution >= 0.6 is 0 Å². The minimum atomic E-state index is -0.493. The number of nitrogens with one attached hydrogen (secondary N) is 2. The quantitative estimate of drug-likeness (QED) is 0.739. The molecular weight excluding hydrogens is 347 g/mol. The number of aromatic amines is 1. The third kappa shape index (κ3) is 3.64. The largest absolute Gasteiger partial charge is 0.497 e. The van der Waals surface area contributed by atoms with Gasteiger partial charge >= 0.3 is 0 Å². The van der Waals surface area contributed by atoms with E-state index in [1.54, 1.807) is 25.3 Å². The fourth-order valence-corrected chi connectivity index (χ4v) is 3.31. The molecule has 27 heavy (non-hydrogen) atoms. The number of amides is 1. The molecule has 0 saturated carbocycles. The third-order valence-corrected chi connectivity index (χ3v) is 4.79. The molecular formula is C20H21FN4O2. The number of hydrazine groups is 1. The van der Waals surface area contributed by atoms with E-state index < -0.39 is 5.82 Å². The van der Waals surface area contributed by atoms with Crippen molar-refractivity contribution in [2.45, 2.75) is 19.3 Å². The van der Waals surface area contributed by atoms with Crippen LogP contribution < -0.4 is 10.2 Å². The Morgan fingerprint density at radius 2 is 2.00 bits per heavy atom. The van der Waals surface area contributed by atoms with Gasteiger partial charge in [-0.1, -0.05) is 6.42 Å². The van der Waals surface area contributed by atoms with Crippen LogP contribution in [0.3, 0.4) is 0 Å². The van der Waals surface area contributed by atoms with Gasteiger partial charge in [-0.15, -0.1) is 0 Å². The summed E-state index contributed by atoms with van der Waals surface area (Å²) in [6, 6.07) is 9.87. The van der Waals surface area contributed by atoms with Crippen molar-refractivity contribution in [3.63, 3.8) is 0 Å². The van der Waals surface area contributed by atoms with E-state index in [2.05, 4.69) is 15.4 Å². The van der Waals surface area contributed by atoms with Gasteiger partial charge in [0.15, 0.2) is 0 Å². The summed E-state index contributed by atoms with van der Waals surface area (Å²) in [6.45, 7) is 1.66. The number of rotatable bonds is 4. The van der Waals surface area contributed by atoms with Gasteiger partial charge < -0.3 is 9.72 Å². The Morgan fingerprint density at radius 3 is 2.74 bits per heavy atom. The molecule has 140 valence electrons. The number of ether oxygens (including phenoxy) is 1. The predicted octanol–water partition coefficient (Wildman–Crippen LogP) is 3.51. The Morgan fingerprint density at radius 1 is 1.19 bits per heavy atom. The fourth-order valence-electron chi connectivity index (χ4n) is 3.31. The van der Waals surface area contributed by atoms with E-state index in [1.807, 2.05) is 17.1 Å². The molecule has 0 radical (unpaired) electrons. The molecule has 3 aromatic rings. The number of nitrogens with zero attached hydrogens (tertiary/aromatic N) is 2. The number of H-pyrrole nitrogens is 1. The molecule has 0 aliphatic carbocycles. The topological polar surface area (TPSA) is 70.2 Å². The summed E-state index contributed by atoms with van der Waals surface area (Å²) in [7, 11) is 1.59. The average molecular weight is 368 g/mol. The number of methoxy groups -OCH3 is 1. The van der Waals surface area contributed by atoms with Gasteiger partial charge in [0.25, 0.3) is 5.91 Å². The van der Waals surface area contributed by atoms with E-state index in [4.69, 9.17) is 4.74 Å². The average Bonchev–Trinajstić information content (AvgIpc) is 3.11. The first-order chi connectivity index (χ1) is 13.1. The second-order valence-electron chi connectivity index (χ2n) is 6.65. The lowest BCUT2D eigenvalue weighted by Gasteiger charge is -2.26. The molecule has 0 unspecified atom stereocenters. The predicted molar refractivity (Wildman–Crippen MR) is 101 cm³/mol. The van der Waals surface area contributed by atoms with E-state index in [9.17, 15) is 9.18 Å². The highest BCUT2D eigenvalue weighted by molar-refractivity contribution is 5.94. The lowest BCUT2D eigenvalue weighted by Crippen LogP contribution is -2.45. The van der Waals surface area contributed by atoms with Gasteiger partial charge in [0, 0.05) is 24.7 Å². The van der Waals surface area contributed by atoms with Crippen molar-refractivity contribution in [1.29, 1.82) is 0 Å². The van der Waals surface area contributed by atoms with E-state index in [-0.39, 0.29) is 5.91 Å². The van der Waals surface area contributed by atoms with Crippen molar-refractivity contribution in [2.75, 3.05) is 20.2 Å². The number of benzene rings is 2. The highest BCUT2D eigenvalue weighted by Crippen LogP contribution is 2.26. The monoisotopic (exact) mass is 368 g/mol. The summed E-state index contributed by atoms with van der Waals surface area (Å²) >= 11 is 0. The SMILES string of the molecule is COc1ccc2nc(-c3ccc(C(=O)NN4CCCCC4)cc3F)[nH]c2c1. The van der Waals surface area contributed by atoms with Crippen LogP contribution in [0.15, 0.2) is 36.4 Å². The van der Waals surface area contributed by atoms with E-state index in [0.29, 0.717) is 22.7 Å². The number of imidazole rings is 1. The second kappa shape index (κ2) is 7.36. The first-order valence-electron chi connectivity index (χ1n) is 9.03. The number of hydrogen-bond acceptors (Lipinski definition) is 4. The Kier molecular flexibility index (Phi) is 4.77. The van der Waals surface area contributed by atoms with Gasteiger partial charge in [-0.25, -0.2) is 14.4 Å². The van der Waals surface area contributed by atoms with Crippen molar-refractivity contribution in [2.24, 2.45) is 0 Å². The number of aromatic nitrogens is 2. The van der Waals surface area contributed by atoms with Crippen LogP contribution in [0, 0.1) is 5.82 Å². The highest BCUT2D eigenvalue weighted by Gasteiger charge is 2.17. The summed E-state index contributed by atoms with van der Waals surface area (Å²) in [4.78, 5) is 19.9. The summed E-state index contributed by atoms with van der Waals surface area (Å²) in [5, 5.41) is 1.89. The van der Waals surface area contributed by atoms with Gasteiger partial charge in [0.05, 0.1) is 23.7 Å². The number of piperidine rings is 1. The number of halogens is 1. The summed E-state index contributed by atoms with van der Waals surface area (Å²) < 4.78 is 19.9. The maximum Gasteiger partial charge on any atom is 0.265 e. The van der Waals surface area contributed by atoms with Crippen LogP contribution in [-0.4, -0.2) is 41.1 Å². The van der Waals surface area contributed by atoms with Crippen molar-refractivity contribution in [3.05, 3.63) is 47.8 Å². The summed E-state index contributed by atoms with van der Waals surface area (Å²) in [5.41, 5.74) is 4.94. The van der Waals surface area contributed by atoms with Crippen LogP contribution in [0.25, 0.3) is 22.4 Å². The normalized spacial score (nSPS) is 15.0. The number of carbonyl (C=O) groups is 1. The number of fused-ring (bicyclic) bond motifs is 1. The minimum absolute atomic E-state index is 0.291. The zero-order valence-corrected chi connectivity index (χ0v) is 15.1. The molecule has 0 atom stereocenters. The molecule has 1 aliphatic heterocycles. The van der Waals surface area contributed by atoms with Crippen molar-refractivity contribution in [3.8, 4) is 17.1 Å². The molecule has 1 aliphatic rings. The van der Waals surface area contributed by atoms with E-state index >= 15 is 0 Å². The molecule has 0 bridgehead atoms. The molecule has 2 aromatic carbocycles. The molecule has 0 spiro atoms. The van der Waals surface area contributed by atoms with Crippen LogP contribution in [0.2, 0.25) is 0 Å². The summed E-state index contributed by atoms with van der Waals surface area (Å²) in [6.07, 6.45) is 3.30. The molecule has 1 saturated heterocycles. The zero-order valence-electron chi connectivity index (χ0n) is 15.1. The Hall–Kier alpha value is -2.93. The highest BCUT2D eigenvalue weighted by atomic mass is 19.1. The molecule has 2 heterocycles. The Bertz CT molecular complexity index is 979. The molecule has 4 rings (SSSR count). The van der Waals surface area contributed by atoms with Crippen LogP contribution in [0.1, 0.15) is 29.6 Å². The molecule has 1 amide bonds. The Balaban J connectivity index is 1.57. The zero-order chi connectivity index (χ0) is 18.8. The fraction of sp³-hybridized carbons (Fsp3) is 0.300. The third-order valence-electron chi connectivity index (χ3n) is 4.79. The molecule has 6 nitrogen and oxygen atoms in total. The van der Waals surface area contributed by atoms with Gasteiger partial charge in [-0.2, -0.15) is 0 Å². The van der Waals surface area contributed by atoms with Gasteiger partial charge in [0.1, 0.15) is 17.4 Å².